The van der Waals surface area contributed by atoms with E-state index in [2.05, 4.69) is 4.98 Å². The SMILES string of the molecule is COc1cccc(Cn2ccc3cc(F)ccc32)n1. The molecule has 3 nitrogen and oxygen atoms in total. The van der Waals surface area contributed by atoms with Crippen molar-refractivity contribution in [3.05, 3.63) is 60.2 Å². The lowest BCUT2D eigenvalue weighted by Crippen LogP contribution is -2.01. The molecule has 0 saturated carbocycles. The van der Waals surface area contributed by atoms with Gasteiger partial charge in [-0.25, -0.2) is 9.37 Å². The zero-order valence-corrected chi connectivity index (χ0v) is 10.5. The lowest BCUT2D eigenvalue weighted by molar-refractivity contribution is 0.396. The van der Waals surface area contributed by atoms with Crippen LogP contribution in [0.25, 0.3) is 10.9 Å². The van der Waals surface area contributed by atoms with E-state index in [1.54, 1.807) is 13.2 Å². The summed E-state index contributed by atoms with van der Waals surface area (Å²) in [5.74, 6) is 0.379. The van der Waals surface area contributed by atoms with E-state index in [1.165, 1.54) is 12.1 Å². The van der Waals surface area contributed by atoms with Crippen LogP contribution in [0.15, 0.2) is 48.7 Å². The summed E-state index contributed by atoms with van der Waals surface area (Å²) in [6.07, 6.45) is 1.94. The van der Waals surface area contributed by atoms with Crippen LogP contribution >= 0.6 is 0 Å². The first-order valence-electron chi connectivity index (χ1n) is 6.00. The summed E-state index contributed by atoms with van der Waals surface area (Å²) >= 11 is 0. The van der Waals surface area contributed by atoms with Gasteiger partial charge in [-0.05, 0) is 30.3 Å². The molecule has 96 valence electrons. The molecular weight excluding hydrogens is 243 g/mol. The summed E-state index contributed by atoms with van der Waals surface area (Å²) < 4.78 is 20.3. The molecule has 0 aliphatic heterocycles. The average Bonchev–Trinajstić information content (AvgIpc) is 2.81. The third kappa shape index (κ3) is 2.29. The Morgan fingerprint density at radius 2 is 2.11 bits per heavy atom. The summed E-state index contributed by atoms with van der Waals surface area (Å²) in [6.45, 7) is 0.631. The van der Waals surface area contributed by atoms with Crippen molar-refractivity contribution in [3.63, 3.8) is 0 Å². The Morgan fingerprint density at radius 1 is 1.21 bits per heavy atom. The molecule has 0 atom stereocenters. The maximum atomic E-state index is 13.1. The monoisotopic (exact) mass is 256 g/mol. The van der Waals surface area contributed by atoms with E-state index in [-0.39, 0.29) is 5.82 Å². The Kier molecular flexibility index (Phi) is 2.91. The maximum absolute atomic E-state index is 13.1. The van der Waals surface area contributed by atoms with Crippen molar-refractivity contribution >= 4 is 10.9 Å². The number of nitrogens with zero attached hydrogens (tertiary/aromatic N) is 2. The quantitative estimate of drug-likeness (QED) is 0.719. The van der Waals surface area contributed by atoms with Crippen LogP contribution < -0.4 is 4.74 Å². The second kappa shape index (κ2) is 4.72. The molecule has 0 aliphatic rings. The van der Waals surface area contributed by atoms with Gasteiger partial charge in [-0.3, -0.25) is 0 Å². The second-order valence-electron chi connectivity index (χ2n) is 4.32. The Hall–Kier alpha value is -2.36. The van der Waals surface area contributed by atoms with Crippen LogP contribution in [0.4, 0.5) is 4.39 Å². The highest BCUT2D eigenvalue weighted by Gasteiger charge is 2.04. The van der Waals surface area contributed by atoms with Crippen LogP contribution in [-0.2, 0) is 6.54 Å². The van der Waals surface area contributed by atoms with Crippen LogP contribution in [0.3, 0.4) is 0 Å². The normalized spacial score (nSPS) is 10.8. The standard InChI is InChI=1S/C15H13FN2O/c1-19-15-4-2-3-13(17-15)10-18-8-7-11-9-12(16)5-6-14(11)18/h2-9H,10H2,1H3. The second-order valence-corrected chi connectivity index (χ2v) is 4.32. The number of methoxy groups -OCH3 is 1. The molecule has 2 heterocycles. The van der Waals surface area contributed by atoms with Gasteiger partial charge in [0.05, 0.1) is 19.3 Å². The van der Waals surface area contributed by atoms with Gasteiger partial charge < -0.3 is 9.30 Å². The average molecular weight is 256 g/mol. The molecule has 0 N–H and O–H groups in total. The predicted octanol–water partition coefficient (Wildman–Crippen LogP) is 3.23. The molecule has 0 spiro atoms. The van der Waals surface area contributed by atoms with Gasteiger partial charge in [0.1, 0.15) is 5.82 Å². The van der Waals surface area contributed by atoms with E-state index in [1.807, 2.05) is 35.0 Å². The maximum Gasteiger partial charge on any atom is 0.213 e. The van der Waals surface area contributed by atoms with E-state index in [0.717, 1.165) is 16.6 Å². The van der Waals surface area contributed by atoms with Crippen molar-refractivity contribution in [2.75, 3.05) is 7.11 Å². The number of benzene rings is 1. The number of halogens is 1. The summed E-state index contributed by atoms with van der Waals surface area (Å²) in [4.78, 5) is 4.37. The Balaban J connectivity index is 1.96. The fourth-order valence-electron chi connectivity index (χ4n) is 2.14. The van der Waals surface area contributed by atoms with E-state index >= 15 is 0 Å². The van der Waals surface area contributed by atoms with Crippen LogP contribution in [0.2, 0.25) is 0 Å². The van der Waals surface area contributed by atoms with Gasteiger partial charge in [0.25, 0.3) is 0 Å². The molecule has 0 amide bonds. The molecule has 0 saturated heterocycles. The molecule has 0 radical (unpaired) electrons. The summed E-state index contributed by atoms with van der Waals surface area (Å²) in [7, 11) is 1.60. The highest BCUT2D eigenvalue weighted by atomic mass is 19.1. The lowest BCUT2D eigenvalue weighted by atomic mass is 10.2. The first-order valence-corrected chi connectivity index (χ1v) is 6.00. The minimum atomic E-state index is -0.218. The first-order chi connectivity index (χ1) is 9.26. The highest BCUT2D eigenvalue weighted by molar-refractivity contribution is 5.80. The molecule has 0 aliphatic carbocycles. The molecular formula is C15H13FN2O. The van der Waals surface area contributed by atoms with Gasteiger partial charge >= 0.3 is 0 Å². The van der Waals surface area contributed by atoms with E-state index in [0.29, 0.717) is 12.4 Å². The largest absolute Gasteiger partial charge is 0.481 e. The number of ether oxygens (including phenoxy) is 1. The van der Waals surface area contributed by atoms with Crippen molar-refractivity contribution in [1.82, 2.24) is 9.55 Å². The van der Waals surface area contributed by atoms with E-state index in [9.17, 15) is 4.39 Å². The van der Waals surface area contributed by atoms with Crippen molar-refractivity contribution < 1.29 is 9.13 Å². The fraction of sp³-hybridized carbons (Fsp3) is 0.133. The zero-order chi connectivity index (χ0) is 13.2. The van der Waals surface area contributed by atoms with Crippen molar-refractivity contribution in [1.29, 1.82) is 0 Å². The van der Waals surface area contributed by atoms with E-state index < -0.39 is 0 Å². The number of aromatic nitrogens is 2. The van der Waals surface area contributed by atoms with Crippen LogP contribution in [-0.4, -0.2) is 16.7 Å². The van der Waals surface area contributed by atoms with Gasteiger partial charge in [0.2, 0.25) is 5.88 Å². The lowest BCUT2D eigenvalue weighted by Gasteiger charge is -2.06. The van der Waals surface area contributed by atoms with Gasteiger partial charge in [0, 0.05) is 23.2 Å². The molecule has 19 heavy (non-hydrogen) atoms. The zero-order valence-electron chi connectivity index (χ0n) is 10.5. The summed E-state index contributed by atoms with van der Waals surface area (Å²) in [5, 5.41) is 0.892. The minimum absolute atomic E-state index is 0.218. The van der Waals surface area contributed by atoms with Crippen LogP contribution in [0.1, 0.15) is 5.69 Å². The molecule has 3 aromatic rings. The first kappa shape index (κ1) is 11.7. The fourth-order valence-corrected chi connectivity index (χ4v) is 2.14. The molecule has 2 aromatic heterocycles. The molecule has 1 aromatic carbocycles. The predicted molar refractivity (Wildman–Crippen MR) is 71.8 cm³/mol. The Labute approximate surface area is 110 Å². The molecule has 0 fully saturated rings. The molecule has 3 rings (SSSR count). The summed E-state index contributed by atoms with van der Waals surface area (Å²) in [5.41, 5.74) is 1.90. The van der Waals surface area contributed by atoms with Crippen molar-refractivity contribution in [2.45, 2.75) is 6.54 Å². The van der Waals surface area contributed by atoms with Gasteiger partial charge in [-0.15, -0.1) is 0 Å². The van der Waals surface area contributed by atoms with Crippen molar-refractivity contribution in [2.24, 2.45) is 0 Å². The number of hydrogen-bond acceptors (Lipinski definition) is 2. The molecule has 4 heteroatoms. The third-order valence-corrected chi connectivity index (χ3v) is 3.06. The van der Waals surface area contributed by atoms with Crippen LogP contribution in [0.5, 0.6) is 5.88 Å². The topological polar surface area (TPSA) is 27.1 Å². The third-order valence-electron chi connectivity index (χ3n) is 3.06. The Bertz CT molecular complexity index is 721. The smallest absolute Gasteiger partial charge is 0.213 e. The van der Waals surface area contributed by atoms with Gasteiger partial charge in [-0.1, -0.05) is 6.07 Å². The number of fused-ring (bicyclic) bond motifs is 1. The van der Waals surface area contributed by atoms with Crippen molar-refractivity contribution in [3.8, 4) is 5.88 Å². The Morgan fingerprint density at radius 3 is 2.95 bits per heavy atom. The summed E-state index contributed by atoms with van der Waals surface area (Å²) in [6, 6.07) is 12.4. The molecule has 0 unspecified atom stereocenters. The number of pyridine rings is 1. The van der Waals surface area contributed by atoms with E-state index in [4.69, 9.17) is 4.74 Å². The van der Waals surface area contributed by atoms with Gasteiger partial charge in [-0.2, -0.15) is 0 Å². The van der Waals surface area contributed by atoms with Gasteiger partial charge in [0.15, 0.2) is 0 Å². The molecule has 0 bridgehead atoms. The number of hydrogen-bond donors (Lipinski definition) is 0. The minimum Gasteiger partial charge on any atom is -0.481 e. The van der Waals surface area contributed by atoms with Crippen LogP contribution in [0, 0.1) is 5.82 Å². The number of rotatable bonds is 3. The highest BCUT2D eigenvalue weighted by Crippen LogP contribution is 2.18.